The fourth-order valence-corrected chi connectivity index (χ4v) is 8.71. The van der Waals surface area contributed by atoms with Gasteiger partial charge in [0.05, 0.1) is 7.11 Å². The van der Waals surface area contributed by atoms with E-state index >= 15 is 0 Å². The maximum atomic E-state index is 6.11. The van der Waals surface area contributed by atoms with Gasteiger partial charge in [0.15, 0.2) is 0 Å². The fourth-order valence-electron chi connectivity index (χ4n) is 7.99. The minimum atomic E-state index is 0.194. The quantitative estimate of drug-likeness (QED) is 0.143. The molecule has 2 aliphatic rings. The van der Waals surface area contributed by atoms with Crippen LogP contribution in [0.1, 0.15) is 65.8 Å². The van der Waals surface area contributed by atoms with Crippen LogP contribution in [-0.2, 0) is 19.4 Å². The first-order chi connectivity index (χ1) is 25.9. The fraction of sp³-hybridized carbons (Fsp3) is 0.217. The second kappa shape index (κ2) is 15.9. The lowest BCUT2D eigenvalue weighted by molar-refractivity contribution is 0.415. The molecule has 0 fully saturated rings. The van der Waals surface area contributed by atoms with E-state index in [1.54, 1.807) is 7.11 Å². The molecule has 2 aromatic heterocycles. The molecule has 0 spiro atoms. The molecule has 2 aliphatic carbocycles. The third kappa shape index (κ3) is 7.81. The summed E-state index contributed by atoms with van der Waals surface area (Å²) in [5.74, 6) is 0.911. The molecule has 8 aromatic rings. The van der Waals surface area contributed by atoms with Crippen LogP contribution in [-0.4, -0.2) is 17.1 Å². The van der Waals surface area contributed by atoms with Gasteiger partial charge in [0, 0.05) is 60.8 Å². The Morgan fingerprint density at radius 2 is 1.21 bits per heavy atom. The van der Waals surface area contributed by atoms with E-state index in [4.69, 9.17) is 10.5 Å². The van der Waals surface area contributed by atoms with Gasteiger partial charge in [-0.1, -0.05) is 98.6 Å². The van der Waals surface area contributed by atoms with Crippen LogP contribution < -0.4 is 15.8 Å². The number of aromatic amines is 2. The number of nitrogens with two attached hydrogens (primary N) is 1. The molecule has 2 heterocycles. The number of hydrogen-bond donors (Lipinski definition) is 4. The van der Waals surface area contributed by atoms with Crippen molar-refractivity contribution in [3.63, 3.8) is 0 Å². The van der Waals surface area contributed by atoms with Crippen LogP contribution in [0.5, 0.6) is 5.75 Å². The van der Waals surface area contributed by atoms with Gasteiger partial charge in [-0.15, -0.1) is 0 Å². The third-order valence-electron chi connectivity index (χ3n) is 10.7. The summed E-state index contributed by atoms with van der Waals surface area (Å²) in [5.41, 5.74) is 15.4. The summed E-state index contributed by atoms with van der Waals surface area (Å²) in [6.45, 7) is 0.897. The van der Waals surface area contributed by atoms with Crippen molar-refractivity contribution < 1.29 is 4.74 Å². The molecule has 5 N–H and O–H groups in total. The first kappa shape index (κ1) is 35.6. The van der Waals surface area contributed by atoms with Crippen LogP contribution in [0.2, 0.25) is 0 Å². The number of aryl methyl sites for hydroxylation is 2. The molecule has 6 aromatic carbocycles. The van der Waals surface area contributed by atoms with Crippen molar-refractivity contribution in [2.24, 2.45) is 5.73 Å². The van der Waals surface area contributed by atoms with Gasteiger partial charge in [-0.3, -0.25) is 0 Å². The smallest absolute Gasteiger partial charge is 0.119 e. The Hall–Kier alpha value is -4.40. The highest BCUT2D eigenvalue weighted by Gasteiger charge is 2.24. The zero-order valence-corrected chi connectivity index (χ0v) is 33.1. The molecule has 7 heteroatoms. The average molecular weight is 829 g/mol. The summed E-state index contributed by atoms with van der Waals surface area (Å²) in [4.78, 5) is 7.12. The van der Waals surface area contributed by atoms with Gasteiger partial charge >= 0.3 is 0 Å². The van der Waals surface area contributed by atoms with E-state index < -0.39 is 0 Å². The highest BCUT2D eigenvalue weighted by molar-refractivity contribution is 9.10. The summed E-state index contributed by atoms with van der Waals surface area (Å²) in [6.07, 6.45) is 7.05. The summed E-state index contributed by atoms with van der Waals surface area (Å²) < 4.78 is 7.41. The van der Waals surface area contributed by atoms with E-state index in [9.17, 15) is 0 Å². The molecule has 268 valence electrons. The summed E-state index contributed by atoms with van der Waals surface area (Å²) in [7, 11) is 1.68. The Kier molecular flexibility index (Phi) is 10.7. The molecule has 0 bridgehead atoms. The van der Waals surface area contributed by atoms with E-state index in [2.05, 4.69) is 144 Å². The van der Waals surface area contributed by atoms with Crippen LogP contribution >= 0.6 is 31.9 Å². The highest BCUT2D eigenvalue weighted by Crippen LogP contribution is 2.37. The number of halogens is 2. The Bertz CT molecular complexity index is 2540. The topological polar surface area (TPSA) is 78.9 Å². The van der Waals surface area contributed by atoms with Crippen molar-refractivity contribution >= 4 is 75.2 Å². The Labute approximate surface area is 327 Å². The van der Waals surface area contributed by atoms with Gasteiger partial charge in [-0.2, -0.15) is 0 Å². The number of rotatable bonds is 4. The zero-order chi connectivity index (χ0) is 36.3. The van der Waals surface area contributed by atoms with E-state index in [1.165, 1.54) is 97.1 Å². The number of nitrogens with one attached hydrogen (secondary N) is 3. The molecule has 10 rings (SSSR count). The molecule has 0 saturated heterocycles. The normalized spacial score (nSPS) is 16.4. The lowest BCUT2D eigenvalue weighted by Gasteiger charge is -2.24. The average Bonchev–Trinajstić information content (AvgIpc) is 3.76. The Morgan fingerprint density at radius 1 is 0.642 bits per heavy atom. The van der Waals surface area contributed by atoms with E-state index in [0.717, 1.165) is 34.1 Å². The lowest BCUT2D eigenvalue weighted by Crippen LogP contribution is -2.24. The van der Waals surface area contributed by atoms with Crippen LogP contribution in [0.15, 0.2) is 130 Å². The van der Waals surface area contributed by atoms with Gasteiger partial charge in [0.1, 0.15) is 5.75 Å². The minimum absolute atomic E-state index is 0.194. The molecule has 0 unspecified atom stereocenters. The highest BCUT2D eigenvalue weighted by atomic mass is 79.9. The Morgan fingerprint density at radius 3 is 1.87 bits per heavy atom. The van der Waals surface area contributed by atoms with E-state index in [-0.39, 0.29) is 6.04 Å². The van der Waals surface area contributed by atoms with Gasteiger partial charge < -0.3 is 25.8 Å². The number of ether oxygens (including phenoxy) is 1. The SMILES string of the molecule is Brc1ccc2[nH]c3c(c2c1)CCC[C@H]3NCc1ccc2ccccc2c1.COc1ccc2ccccc2c1.N[C@@H]1CCCc2c1[nH]c1ccc(Br)cc21. The second-order valence-electron chi connectivity index (χ2n) is 14.1. The maximum Gasteiger partial charge on any atom is 0.119 e. The summed E-state index contributed by atoms with van der Waals surface area (Å²) >= 11 is 7.13. The van der Waals surface area contributed by atoms with Crippen molar-refractivity contribution in [2.45, 2.75) is 57.2 Å². The van der Waals surface area contributed by atoms with Gasteiger partial charge in [-0.05, 0) is 131 Å². The number of benzene rings is 6. The predicted molar refractivity (Wildman–Crippen MR) is 229 cm³/mol. The maximum absolute atomic E-state index is 6.11. The standard InChI is InChI=1S/C23H21BrN2.C12H13BrN2.C11H10O/c24-18-10-11-21-20(13-18)19-6-3-7-22(23(19)26-21)25-14-15-8-9-16-4-1-2-5-17(16)12-15;13-7-4-5-11-9(6-7)8-2-1-3-10(14)12(8)15-11;1-12-11-7-6-9-4-2-3-5-10(9)8-11/h1-2,4-5,8-13,22,25-26H,3,6-7,14H2;4-6,10,15H,1-3,14H2;2-8H,1H3/t22-;10-;/m11./s1. The first-order valence-electron chi connectivity index (χ1n) is 18.5. The van der Waals surface area contributed by atoms with Gasteiger partial charge in [0.25, 0.3) is 0 Å². The second-order valence-corrected chi connectivity index (χ2v) is 16.0. The van der Waals surface area contributed by atoms with Crippen molar-refractivity contribution in [2.75, 3.05) is 7.11 Å². The lowest BCUT2D eigenvalue weighted by atomic mass is 9.91. The van der Waals surface area contributed by atoms with Crippen molar-refractivity contribution in [1.29, 1.82) is 0 Å². The number of hydrogen-bond acceptors (Lipinski definition) is 3. The number of aromatic nitrogens is 2. The monoisotopic (exact) mass is 826 g/mol. The Balaban J connectivity index is 0.000000125. The number of H-pyrrole nitrogens is 2. The van der Waals surface area contributed by atoms with Crippen LogP contribution in [0.3, 0.4) is 0 Å². The molecule has 0 radical (unpaired) electrons. The van der Waals surface area contributed by atoms with Crippen molar-refractivity contribution in [3.05, 3.63) is 158 Å². The largest absolute Gasteiger partial charge is 0.497 e. The molecule has 0 saturated carbocycles. The van der Waals surface area contributed by atoms with E-state index in [1.807, 2.05) is 24.3 Å². The molecule has 0 amide bonds. The number of methoxy groups -OCH3 is 1. The molecular formula is C46H44Br2N4O. The summed E-state index contributed by atoms with van der Waals surface area (Å²) in [5, 5.41) is 11.6. The molecule has 53 heavy (non-hydrogen) atoms. The van der Waals surface area contributed by atoms with Crippen LogP contribution in [0.25, 0.3) is 43.4 Å². The van der Waals surface area contributed by atoms with Crippen molar-refractivity contribution in [1.82, 2.24) is 15.3 Å². The minimum Gasteiger partial charge on any atom is -0.497 e. The summed E-state index contributed by atoms with van der Waals surface area (Å²) in [6, 6.07) is 43.1. The van der Waals surface area contributed by atoms with Gasteiger partial charge in [-0.25, -0.2) is 0 Å². The van der Waals surface area contributed by atoms with Gasteiger partial charge in [0.2, 0.25) is 0 Å². The molecular weight excluding hydrogens is 784 g/mol. The van der Waals surface area contributed by atoms with E-state index in [0.29, 0.717) is 6.04 Å². The molecule has 2 atom stereocenters. The number of fused-ring (bicyclic) bond motifs is 8. The van der Waals surface area contributed by atoms with Crippen LogP contribution in [0.4, 0.5) is 0 Å². The zero-order valence-electron chi connectivity index (χ0n) is 29.9. The third-order valence-corrected chi connectivity index (χ3v) is 11.7. The molecule has 5 nitrogen and oxygen atoms in total. The first-order valence-corrected chi connectivity index (χ1v) is 20.1. The predicted octanol–water partition coefficient (Wildman–Crippen LogP) is 12.4. The van der Waals surface area contributed by atoms with Crippen LogP contribution in [0, 0.1) is 0 Å². The van der Waals surface area contributed by atoms with Crippen molar-refractivity contribution in [3.8, 4) is 5.75 Å². The molecule has 0 aliphatic heterocycles.